The van der Waals surface area contributed by atoms with Crippen LogP contribution in [0.3, 0.4) is 0 Å². The lowest BCUT2D eigenvalue weighted by Crippen LogP contribution is -2.37. The van der Waals surface area contributed by atoms with E-state index in [1.54, 1.807) is 18.5 Å². The summed E-state index contributed by atoms with van der Waals surface area (Å²) in [6.45, 7) is 0. The van der Waals surface area contributed by atoms with Gasteiger partial charge in [-0.05, 0) is 11.1 Å². The summed E-state index contributed by atoms with van der Waals surface area (Å²) in [6.07, 6.45) is 4.35. The van der Waals surface area contributed by atoms with Gasteiger partial charge in [0.25, 0.3) is 5.69 Å². The summed E-state index contributed by atoms with van der Waals surface area (Å²) in [5.41, 5.74) is 1.68. The maximum Gasteiger partial charge on any atom is 0.269 e. The molecule has 0 saturated carbocycles. The van der Waals surface area contributed by atoms with Gasteiger partial charge in [0.15, 0.2) is 0 Å². The average molecular weight is 348 g/mol. The first-order valence-corrected chi connectivity index (χ1v) is 8.23. The van der Waals surface area contributed by atoms with E-state index in [0.29, 0.717) is 11.5 Å². The summed E-state index contributed by atoms with van der Waals surface area (Å²) >= 11 is 0. The van der Waals surface area contributed by atoms with Crippen LogP contribution < -0.4 is 5.32 Å². The third kappa shape index (κ3) is 2.63. The van der Waals surface area contributed by atoms with Gasteiger partial charge in [-0.3, -0.25) is 10.1 Å². The Morgan fingerprint density at radius 3 is 2.62 bits per heavy atom. The molecule has 0 bridgehead atoms. The summed E-state index contributed by atoms with van der Waals surface area (Å²) in [7, 11) is 0. The minimum absolute atomic E-state index is 0.00334. The molecule has 0 aliphatic carbocycles. The smallest absolute Gasteiger partial charge is 0.269 e. The zero-order valence-electron chi connectivity index (χ0n) is 13.7. The number of nitrogens with zero attached hydrogens (tertiary/aromatic N) is 3. The van der Waals surface area contributed by atoms with Gasteiger partial charge in [0.1, 0.15) is 6.29 Å². The second-order valence-electron chi connectivity index (χ2n) is 6.20. The van der Waals surface area contributed by atoms with Crippen LogP contribution in [-0.2, 0) is 4.79 Å². The Balaban J connectivity index is 1.85. The first-order valence-electron chi connectivity index (χ1n) is 8.23. The number of imidazole rings is 1. The van der Waals surface area contributed by atoms with E-state index in [0.717, 1.165) is 11.8 Å². The van der Waals surface area contributed by atoms with E-state index < -0.39 is 10.8 Å². The molecular weight excluding hydrogens is 332 g/mol. The Hall–Kier alpha value is -3.48. The maximum absolute atomic E-state index is 12.1. The Kier molecular flexibility index (Phi) is 3.96. The number of nitrogens with one attached hydrogen (secondary N) is 1. The van der Waals surface area contributed by atoms with E-state index in [2.05, 4.69) is 10.3 Å². The average Bonchev–Trinajstić information content (AvgIpc) is 3.15. The number of hydrogen-bond acceptors (Lipinski definition) is 5. The first kappa shape index (κ1) is 16.0. The fourth-order valence-electron chi connectivity index (χ4n) is 3.58. The number of benzene rings is 2. The van der Waals surface area contributed by atoms with Crippen molar-refractivity contribution < 1.29 is 9.72 Å². The van der Waals surface area contributed by atoms with E-state index in [4.69, 9.17) is 0 Å². The van der Waals surface area contributed by atoms with Gasteiger partial charge < -0.3 is 14.7 Å². The summed E-state index contributed by atoms with van der Waals surface area (Å²) in [5.74, 6) is 0.189. The molecular formula is C19H16N4O3. The van der Waals surface area contributed by atoms with Gasteiger partial charge in [0.2, 0.25) is 5.95 Å². The van der Waals surface area contributed by atoms with Crippen molar-refractivity contribution >= 4 is 17.9 Å². The van der Waals surface area contributed by atoms with Crippen molar-refractivity contribution in [3.63, 3.8) is 0 Å². The van der Waals surface area contributed by atoms with Gasteiger partial charge in [0, 0.05) is 24.5 Å². The van der Waals surface area contributed by atoms with E-state index >= 15 is 0 Å². The molecule has 0 fully saturated rings. The van der Waals surface area contributed by atoms with Crippen molar-refractivity contribution in [2.75, 3.05) is 5.32 Å². The van der Waals surface area contributed by atoms with Crippen LogP contribution in [0.4, 0.5) is 11.6 Å². The molecule has 0 saturated heterocycles. The van der Waals surface area contributed by atoms with Crippen molar-refractivity contribution in [3.05, 3.63) is 88.2 Å². The van der Waals surface area contributed by atoms with Gasteiger partial charge in [-0.1, -0.05) is 42.5 Å². The van der Waals surface area contributed by atoms with Gasteiger partial charge in [0.05, 0.1) is 22.9 Å². The van der Waals surface area contributed by atoms with Crippen LogP contribution in [0.2, 0.25) is 0 Å². The highest BCUT2D eigenvalue weighted by Crippen LogP contribution is 2.42. The second-order valence-corrected chi connectivity index (χ2v) is 6.20. The maximum atomic E-state index is 12.1. The fraction of sp³-hybridized carbons (Fsp3) is 0.158. The molecule has 0 spiro atoms. The topological polar surface area (TPSA) is 90.1 Å². The van der Waals surface area contributed by atoms with Crippen LogP contribution in [0, 0.1) is 16.0 Å². The highest BCUT2D eigenvalue weighted by atomic mass is 16.6. The SMILES string of the molecule is O=C[C@@H]1[C@@H](c2cccc([N+](=O)[O-])c2)n2ccnc2N[C@H]1c1ccccc1. The second kappa shape index (κ2) is 6.44. The Labute approximate surface area is 149 Å². The molecule has 3 aromatic rings. The summed E-state index contributed by atoms with van der Waals surface area (Å²) < 4.78 is 1.86. The molecule has 2 aromatic carbocycles. The molecule has 0 amide bonds. The third-order valence-electron chi connectivity index (χ3n) is 4.74. The molecule has 1 aromatic heterocycles. The van der Waals surface area contributed by atoms with Crippen molar-refractivity contribution in [1.82, 2.24) is 9.55 Å². The predicted molar refractivity (Wildman–Crippen MR) is 95.8 cm³/mol. The number of rotatable bonds is 4. The Morgan fingerprint density at radius 1 is 1.12 bits per heavy atom. The van der Waals surface area contributed by atoms with Crippen LogP contribution in [-0.4, -0.2) is 20.8 Å². The number of nitro benzene ring substituents is 1. The van der Waals surface area contributed by atoms with E-state index in [1.807, 2.05) is 41.0 Å². The van der Waals surface area contributed by atoms with Crippen LogP contribution in [0.15, 0.2) is 67.0 Å². The number of aldehydes is 1. The molecule has 130 valence electrons. The molecule has 2 heterocycles. The Morgan fingerprint density at radius 2 is 1.88 bits per heavy atom. The number of hydrogen-bond donors (Lipinski definition) is 1. The number of nitro groups is 1. The normalized spacial score (nSPS) is 21.5. The number of non-ortho nitro benzene ring substituents is 1. The van der Waals surface area contributed by atoms with Crippen molar-refractivity contribution in [2.24, 2.45) is 5.92 Å². The standard InChI is InChI=1S/C19H16N4O3/c24-12-16-17(13-5-2-1-3-6-13)21-19-20-9-10-22(19)18(16)14-7-4-8-15(11-14)23(25)26/h1-12,16-18H,(H,20,21)/t16-,17-,18+/m0/s1. The van der Waals surface area contributed by atoms with Crippen molar-refractivity contribution in [2.45, 2.75) is 12.1 Å². The minimum atomic E-state index is -0.443. The quantitative estimate of drug-likeness (QED) is 0.443. The molecule has 1 N–H and O–H groups in total. The molecule has 1 aliphatic rings. The summed E-state index contributed by atoms with van der Waals surface area (Å²) in [6, 6.07) is 15.4. The lowest BCUT2D eigenvalue weighted by atomic mass is 9.83. The number of aromatic nitrogens is 2. The van der Waals surface area contributed by atoms with E-state index in [9.17, 15) is 14.9 Å². The monoisotopic (exact) mass is 348 g/mol. The van der Waals surface area contributed by atoms with Crippen LogP contribution in [0.25, 0.3) is 0 Å². The number of carbonyl (C=O) groups excluding carboxylic acids is 1. The van der Waals surface area contributed by atoms with Gasteiger partial charge in [-0.15, -0.1) is 0 Å². The zero-order chi connectivity index (χ0) is 18.1. The molecule has 0 radical (unpaired) electrons. The highest BCUT2D eigenvalue weighted by Gasteiger charge is 2.38. The zero-order valence-corrected chi connectivity index (χ0v) is 13.7. The largest absolute Gasteiger partial charge is 0.348 e. The number of carbonyl (C=O) groups is 1. The first-order chi connectivity index (χ1) is 12.7. The fourth-order valence-corrected chi connectivity index (χ4v) is 3.58. The van der Waals surface area contributed by atoms with Gasteiger partial charge >= 0.3 is 0 Å². The predicted octanol–water partition coefficient (Wildman–Crippen LogP) is 3.36. The molecule has 0 unspecified atom stereocenters. The summed E-state index contributed by atoms with van der Waals surface area (Å²) in [4.78, 5) is 27.2. The molecule has 7 heteroatoms. The number of fused-ring (bicyclic) bond motifs is 1. The molecule has 1 aliphatic heterocycles. The van der Waals surface area contributed by atoms with Gasteiger partial charge in [-0.2, -0.15) is 0 Å². The third-order valence-corrected chi connectivity index (χ3v) is 4.74. The lowest BCUT2D eigenvalue weighted by molar-refractivity contribution is -0.384. The van der Waals surface area contributed by atoms with E-state index in [-0.39, 0.29) is 17.8 Å². The van der Waals surface area contributed by atoms with Crippen LogP contribution in [0.1, 0.15) is 23.2 Å². The van der Waals surface area contributed by atoms with Crippen molar-refractivity contribution in [3.8, 4) is 0 Å². The highest BCUT2D eigenvalue weighted by molar-refractivity contribution is 5.62. The molecule has 7 nitrogen and oxygen atoms in total. The van der Waals surface area contributed by atoms with E-state index in [1.165, 1.54) is 12.1 Å². The van der Waals surface area contributed by atoms with Crippen molar-refractivity contribution in [1.29, 1.82) is 0 Å². The molecule has 26 heavy (non-hydrogen) atoms. The minimum Gasteiger partial charge on any atom is -0.348 e. The van der Waals surface area contributed by atoms with Crippen LogP contribution in [0.5, 0.6) is 0 Å². The summed E-state index contributed by atoms with van der Waals surface area (Å²) in [5, 5.41) is 14.5. The van der Waals surface area contributed by atoms with Crippen LogP contribution >= 0.6 is 0 Å². The molecule has 3 atom stereocenters. The van der Waals surface area contributed by atoms with Gasteiger partial charge in [-0.25, -0.2) is 4.98 Å². The Bertz CT molecular complexity index is 954. The molecule has 4 rings (SSSR count). The lowest BCUT2D eigenvalue weighted by Gasteiger charge is -2.38. The number of anilines is 1.